The van der Waals surface area contributed by atoms with Crippen LogP contribution < -0.4 is 0 Å². The van der Waals surface area contributed by atoms with Crippen molar-refractivity contribution in [1.82, 2.24) is 19.6 Å². The Balaban J connectivity index is 2.57. The lowest BCUT2D eigenvalue weighted by Gasteiger charge is -2.07. The number of aryl methyl sites for hydroxylation is 1. The predicted octanol–water partition coefficient (Wildman–Crippen LogP) is 2.63. The third-order valence-electron chi connectivity index (χ3n) is 2.76. The summed E-state index contributed by atoms with van der Waals surface area (Å²) in [5.41, 5.74) is 2.35. The first-order valence-corrected chi connectivity index (χ1v) is 5.56. The number of hydrogen-bond donors (Lipinski definition) is 0. The highest BCUT2D eigenvalue weighted by Gasteiger charge is 2.13. The van der Waals surface area contributed by atoms with Gasteiger partial charge in [-0.15, -0.1) is 10.2 Å². The summed E-state index contributed by atoms with van der Waals surface area (Å²) in [6.07, 6.45) is 2.10. The molecule has 3 aromatic rings. The largest absolute Gasteiger partial charge is 0.277 e. The van der Waals surface area contributed by atoms with Crippen LogP contribution in [0.15, 0.2) is 18.5 Å². The maximum Gasteiger partial charge on any atom is 0.198 e. The van der Waals surface area contributed by atoms with E-state index in [1.807, 2.05) is 6.92 Å². The van der Waals surface area contributed by atoms with E-state index < -0.39 is 0 Å². The Morgan fingerprint density at radius 2 is 2.24 bits per heavy atom. The van der Waals surface area contributed by atoms with Gasteiger partial charge in [-0.05, 0) is 18.6 Å². The Morgan fingerprint density at radius 1 is 1.41 bits per heavy atom. The monoisotopic (exact) mass is 250 g/mol. The van der Waals surface area contributed by atoms with Gasteiger partial charge in [-0.25, -0.2) is 9.37 Å². The summed E-state index contributed by atoms with van der Waals surface area (Å²) >= 11 is 6.00. The molecule has 2 aromatic heterocycles. The van der Waals surface area contributed by atoms with Gasteiger partial charge in [0.1, 0.15) is 12.1 Å². The van der Waals surface area contributed by atoms with Gasteiger partial charge in [0, 0.05) is 5.56 Å². The van der Waals surface area contributed by atoms with Gasteiger partial charge in [0.2, 0.25) is 0 Å². The minimum Gasteiger partial charge on any atom is -0.277 e. The highest BCUT2D eigenvalue weighted by Crippen LogP contribution is 2.24. The minimum absolute atomic E-state index is 0.232. The predicted molar refractivity (Wildman–Crippen MR) is 62.6 cm³/mol. The van der Waals surface area contributed by atoms with Crippen LogP contribution in [0.2, 0.25) is 5.15 Å². The number of fused-ring (bicyclic) bond motifs is 3. The molecule has 0 atom stereocenters. The fourth-order valence-corrected chi connectivity index (χ4v) is 2.17. The molecular weight excluding hydrogens is 243 g/mol. The highest BCUT2D eigenvalue weighted by molar-refractivity contribution is 6.32. The number of hydrogen-bond acceptors (Lipinski definition) is 3. The number of aromatic nitrogens is 4. The fourth-order valence-electron chi connectivity index (χ4n) is 1.95. The van der Waals surface area contributed by atoms with Crippen LogP contribution in [0.25, 0.3) is 16.7 Å². The lowest BCUT2D eigenvalue weighted by molar-refractivity contribution is 0.614. The van der Waals surface area contributed by atoms with Crippen molar-refractivity contribution in [2.75, 3.05) is 0 Å². The van der Waals surface area contributed by atoms with E-state index in [0.717, 1.165) is 5.52 Å². The second kappa shape index (κ2) is 3.63. The Bertz CT molecular complexity index is 722. The van der Waals surface area contributed by atoms with Gasteiger partial charge in [-0.3, -0.25) is 4.40 Å². The molecule has 0 aliphatic carbocycles. The number of benzene rings is 1. The van der Waals surface area contributed by atoms with Crippen LogP contribution in [0.4, 0.5) is 4.39 Å². The van der Waals surface area contributed by atoms with E-state index in [1.54, 1.807) is 16.8 Å². The summed E-state index contributed by atoms with van der Waals surface area (Å²) < 4.78 is 15.4. The number of halogens is 2. The molecule has 0 N–H and O–H groups in total. The molecule has 0 fully saturated rings. The van der Waals surface area contributed by atoms with Crippen molar-refractivity contribution in [2.24, 2.45) is 0 Å². The minimum atomic E-state index is -0.268. The zero-order valence-electron chi connectivity index (χ0n) is 8.98. The van der Waals surface area contributed by atoms with Gasteiger partial charge < -0.3 is 0 Å². The third-order valence-corrected chi connectivity index (χ3v) is 3.01. The van der Waals surface area contributed by atoms with Crippen molar-refractivity contribution >= 4 is 28.3 Å². The smallest absolute Gasteiger partial charge is 0.198 e. The summed E-state index contributed by atoms with van der Waals surface area (Å²) in [7, 11) is 0. The molecule has 17 heavy (non-hydrogen) atoms. The van der Waals surface area contributed by atoms with E-state index in [2.05, 4.69) is 15.2 Å². The molecule has 0 saturated carbocycles. The average Bonchev–Trinajstić information content (AvgIpc) is 2.79. The number of rotatable bonds is 1. The highest BCUT2D eigenvalue weighted by atomic mass is 35.5. The summed E-state index contributed by atoms with van der Waals surface area (Å²) in [6.45, 7) is 1.88. The molecule has 0 aliphatic rings. The standard InChI is InChI=1S/C11H8ClFN4/c1-2-6-7(13)3-4-8-9(6)15-10(12)11-16-14-5-17(8)11/h3-5H,2H2,1H3. The van der Waals surface area contributed by atoms with Gasteiger partial charge in [0.15, 0.2) is 10.8 Å². The Kier molecular flexibility index (Phi) is 2.22. The van der Waals surface area contributed by atoms with Gasteiger partial charge >= 0.3 is 0 Å². The molecule has 0 saturated heterocycles. The SMILES string of the molecule is CCc1c(F)ccc2c1nc(Cl)c1nncn12. The van der Waals surface area contributed by atoms with Crippen LogP contribution in [0.1, 0.15) is 12.5 Å². The molecule has 0 bridgehead atoms. The normalized spacial score (nSPS) is 11.5. The van der Waals surface area contributed by atoms with E-state index in [1.165, 1.54) is 6.07 Å². The van der Waals surface area contributed by atoms with Crippen molar-refractivity contribution in [3.63, 3.8) is 0 Å². The first kappa shape index (κ1) is 10.4. The molecular formula is C11H8ClFN4. The van der Waals surface area contributed by atoms with Gasteiger partial charge in [0.25, 0.3) is 0 Å². The van der Waals surface area contributed by atoms with Crippen molar-refractivity contribution in [3.8, 4) is 0 Å². The van der Waals surface area contributed by atoms with Crippen LogP contribution >= 0.6 is 11.6 Å². The lowest BCUT2D eigenvalue weighted by Crippen LogP contribution is -1.98. The third kappa shape index (κ3) is 1.39. The van der Waals surface area contributed by atoms with Crippen LogP contribution in [-0.2, 0) is 6.42 Å². The second-order valence-electron chi connectivity index (χ2n) is 3.67. The topological polar surface area (TPSA) is 43.1 Å². The maximum absolute atomic E-state index is 13.7. The molecule has 3 rings (SSSR count). The summed E-state index contributed by atoms with van der Waals surface area (Å²) in [5.74, 6) is -0.268. The molecule has 0 spiro atoms. The Labute approximate surface area is 101 Å². The van der Waals surface area contributed by atoms with Crippen molar-refractivity contribution in [3.05, 3.63) is 35.0 Å². The van der Waals surface area contributed by atoms with Crippen molar-refractivity contribution < 1.29 is 4.39 Å². The van der Waals surface area contributed by atoms with E-state index >= 15 is 0 Å². The van der Waals surface area contributed by atoms with Crippen LogP contribution in [0.3, 0.4) is 0 Å². The first-order chi connectivity index (χ1) is 8.22. The molecule has 2 heterocycles. The van der Waals surface area contributed by atoms with Crippen molar-refractivity contribution in [1.29, 1.82) is 0 Å². The molecule has 0 amide bonds. The molecule has 0 unspecified atom stereocenters. The van der Waals surface area contributed by atoms with E-state index in [-0.39, 0.29) is 11.0 Å². The first-order valence-electron chi connectivity index (χ1n) is 5.18. The quantitative estimate of drug-likeness (QED) is 0.667. The summed E-state index contributed by atoms with van der Waals surface area (Å²) in [4.78, 5) is 4.21. The Hall–Kier alpha value is -1.75. The second-order valence-corrected chi connectivity index (χ2v) is 4.03. The van der Waals surface area contributed by atoms with Crippen LogP contribution in [0, 0.1) is 5.82 Å². The molecule has 4 nitrogen and oxygen atoms in total. The lowest BCUT2D eigenvalue weighted by atomic mass is 10.1. The summed E-state index contributed by atoms with van der Waals surface area (Å²) in [5, 5.41) is 7.89. The van der Waals surface area contributed by atoms with E-state index in [9.17, 15) is 4.39 Å². The van der Waals surface area contributed by atoms with Crippen molar-refractivity contribution in [2.45, 2.75) is 13.3 Å². The Morgan fingerprint density at radius 3 is 3.00 bits per heavy atom. The van der Waals surface area contributed by atoms with Crippen LogP contribution in [0.5, 0.6) is 0 Å². The fraction of sp³-hybridized carbons (Fsp3) is 0.182. The molecule has 86 valence electrons. The maximum atomic E-state index is 13.7. The van der Waals surface area contributed by atoms with E-state index in [4.69, 9.17) is 11.6 Å². The number of nitrogens with zero attached hydrogens (tertiary/aromatic N) is 4. The zero-order valence-corrected chi connectivity index (χ0v) is 9.74. The van der Waals surface area contributed by atoms with Gasteiger partial charge in [-0.1, -0.05) is 18.5 Å². The summed E-state index contributed by atoms with van der Waals surface area (Å²) in [6, 6.07) is 3.08. The zero-order chi connectivity index (χ0) is 12.0. The molecule has 0 radical (unpaired) electrons. The van der Waals surface area contributed by atoms with Gasteiger partial charge in [0.05, 0.1) is 11.0 Å². The van der Waals surface area contributed by atoms with E-state index in [0.29, 0.717) is 23.1 Å². The van der Waals surface area contributed by atoms with Crippen LogP contribution in [-0.4, -0.2) is 19.6 Å². The molecule has 6 heteroatoms. The average molecular weight is 251 g/mol. The molecule has 0 aliphatic heterocycles. The molecule has 1 aromatic carbocycles. The van der Waals surface area contributed by atoms with Gasteiger partial charge in [-0.2, -0.15) is 0 Å².